The topological polar surface area (TPSA) is 37.3 Å². The van der Waals surface area contributed by atoms with E-state index in [1.165, 1.54) is 12.2 Å². The first-order valence-corrected chi connectivity index (χ1v) is 3.11. The second-order valence-corrected chi connectivity index (χ2v) is 1.80. The van der Waals surface area contributed by atoms with Gasteiger partial charge in [0.25, 0.3) is 0 Å². The van der Waals surface area contributed by atoms with Crippen LogP contribution in [-0.2, 0) is 4.79 Å². The monoisotopic (exact) mass is 128 g/mol. The van der Waals surface area contributed by atoms with Crippen molar-refractivity contribution in [3.63, 3.8) is 0 Å². The maximum atomic E-state index is 10.6. The lowest BCUT2D eigenvalue weighted by atomic mass is 10.2. The van der Waals surface area contributed by atoms with Gasteiger partial charge >= 0.3 is 0 Å². The summed E-state index contributed by atoms with van der Waals surface area (Å²) in [6.45, 7) is 1.90. The van der Waals surface area contributed by atoms with Gasteiger partial charge in [0.2, 0.25) is 0 Å². The van der Waals surface area contributed by atoms with Crippen LogP contribution in [0.1, 0.15) is 19.8 Å². The molecule has 0 saturated carbocycles. The fourth-order valence-electron chi connectivity index (χ4n) is 0.514. The van der Waals surface area contributed by atoms with Gasteiger partial charge in [-0.3, -0.25) is 4.79 Å². The number of carbonyl (C=O) groups excluding carboxylic acids is 1. The average molecular weight is 128 g/mol. The van der Waals surface area contributed by atoms with Crippen molar-refractivity contribution < 1.29 is 9.90 Å². The van der Waals surface area contributed by atoms with Crippen molar-refractivity contribution in [2.24, 2.45) is 0 Å². The molecule has 0 aliphatic carbocycles. The van der Waals surface area contributed by atoms with Gasteiger partial charge in [0.05, 0.1) is 6.61 Å². The molecule has 0 saturated heterocycles. The van der Waals surface area contributed by atoms with Crippen LogP contribution in [0.25, 0.3) is 0 Å². The minimum Gasteiger partial charge on any atom is -0.392 e. The van der Waals surface area contributed by atoms with Crippen molar-refractivity contribution in [1.29, 1.82) is 0 Å². The molecule has 0 fully saturated rings. The van der Waals surface area contributed by atoms with Gasteiger partial charge in [-0.1, -0.05) is 13.0 Å². The summed E-state index contributed by atoms with van der Waals surface area (Å²) in [5, 5.41) is 8.24. The summed E-state index contributed by atoms with van der Waals surface area (Å²) in [6, 6.07) is 0. The quantitative estimate of drug-likeness (QED) is 0.571. The molecule has 0 spiro atoms. The molecule has 0 radical (unpaired) electrons. The highest BCUT2D eigenvalue weighted by Crippen LogP contribution is 1.89. The Kier molecular flexibility index (Phi) is 5.12. The Morgan fingerprint density at radius 2 is 2.33 bits per heavy atom. The number of hydrogen-bond acceptors (Lipinski definition) is 2. The molecule has 9 heavy (non-hydrogen) atoms. The van der Waals surface area contributed by atoms with Crippen LogP contribution in [0.15, 0.2) is 12.2 Å². The van der Waals surface area contributed by atoms with Gasteiger partial charge < -0.3 is 5.11 Å². The lowest BCUT2D eigenvalue weighted by Gasteiger charge is -1.85. The first kappa shape index (κ1) is 8.37. The summed E-state index contributed by atoms with van der Waals surface area (Å²) in [7, 11) is 0. The van der Waals surface area contributed by atoms with Crippen molar-refractivity contribution in [1.82, 2.24) is 0 Å². The van der Waals surface area contributed by atoms with Crippen LogP contribution in [0.4, 0.5) is 0 Å². The molecule has 0 unspecified atom stereocenters. The Morgan fingerprint density at radius 1 is 1.67 bits per heavy atom. The molecule has 2 heteroatoms. The molecule has 0 amide bonds. The van der Waals surface area contributed by atoms with Crippen molar-refractivity contribution >= 4 is 5.78 Å². The Labute approximate surface area is 55.2 Å². The highest BCUT2D eigenvalue weighted by Gasteiger charge is 1.90. The van der Waals surface area contributed by atoms with E-state index in [0.717, 1.165) is 6.42 Å². The van der Waals surface area contributed by atoms with Gasteiger partial charge in [-0.2, -0.15) is 0 Å². The molecule has 1 N–H and O–H groups in total. The molecule has 0 aliphatic rings. The Morgan fingerprint density at radius 3 is 2.78 bits per heavy atom. The van der Waals surface area contributed by atoms with E-state index in [-0.39, 0.29) is 12.4 Å². The minimum absolute atomic E-state index is 0.0462. The van der Waals surface area contributed by atoms with Crippen molar-refractivity contribution in [2.75, 3.05) is 6.61 Å². The second kappa shape index (κ2) is 5.51. The van der Waals surface area contributed by atoms with E-state index < -0.39 is 0 Å². The SMILES string of the molecule is CCCC(=O)/C=C/CO. The summed E-state index contributed by atoms with van der Waals surface area (Å²) >= 11 is 0. The first-order chi connectivity index (χ1) is 4.31. The van der Waals surface area contributed by atoms with E-state index >= 15 is 0 Å². The zero-order chi connectivity index (χ0) is 7.11. The molecular weight excluding hydrogens is 116 g/mol. The number of rotatable bonds is 4. The zero-order valence-corrected chi connectivity index (χ0v) is 5.63. The third-order valence-electron chi connectivity index (χ3n) is 0.906. The summed E-state index contributed by atoms with van der Waals surface area (Å²) < 4.78 is 0. The highest BCUT2D eigenvalue weighted by atomic mass is 16.2. The third kappa shape index (κ3) is 5.24. The van der Waals surface area contributed by atoms with E-state index in [9.17, 15) is 4.79 Å². The largest absolute Gasteiger partial charge is 0.392 e. The fourth-order valence-corrected chi connectivity index (χ4v) is 0.514. The number of allylic oxidation sites excluding steroid dienone is 1. The molecular formula is C7H12O2. The number of aliphatic hydroxyl groups excluding tert-OH is 1. The molecule has 0 rings (SSSR count). The highest BCUT2D eigenvalue weighted by molar-refractivity contribution is 5.89. The van der Waals surface area contributed by atoms with Gasteiger partial charge in [0, 0.05) is 6.42 Å². The molecule has 0 aromatic heterocycles. The predicted octanol–water partition coefficient (Wildman–Crippen LogP) is 0.904. The Balaban J connectivity index is 3.37. The van der Waals surface area contributed by atoms with E-state index in [0.29, 0.717) is 6.42 Å². The maximum Gasteiger partial charge on any atom is 0.155 e. The molecule has 0 heterocycles. The van der Waals surface area contributed by atoms with Crippen LogP contribution in [-0.4, -0.2) is 17.5 Å². The van der Waals surface area contributed by atoms with Gasteiger partial charge in [0.15, 0.2) is 5.78 Å². The van der Waals surface area contributed by atoms with Crippen molar-refractivity contribution in [2.45, 2.75) is 19.8 Å². The summed E-state index contributed by atoms with van der Waals surface area (Å²) in [5.41, 5.74) is 0. The van der Waals surface area contributed by atoms with E-state index in [2.05, 4.69) is 0 Å². The van der Waals surface area contributed by atoms with E-state index in [1.807, 2.05) is 6.92 Å². The van der Waals surface area contributed by atoms with Gasteiger partial charge in [0.1, 0.15) is 0 Å². The normalized spacial score (nSPS) is 10.4. The molecule has 0 aromatic rings. The van der Waals surface area contributed by atoms with Gasteiger partial charge in [-0.15, -0.1) is 0 Å². The first-order valence-electron chi connectivity index (χ1n) is 3.11. The molecule has 0 atom stereocenters. The molecule has 0 aromatic carbocycles. The standard InChI is InChI=1S/C7H12O2/c1-2-4-7(9)5-3-6-8/h3,5,8H,2,4,6H2,1H3/b5-3+. The van der Waals surface area contributed by atoms with Crippen LogP contribution < -0.4 is 0 Å². The lowest BCUT2D eigenvalue weighted by Crippen LogP contribution is -1.90. The molecule has 0 aliphatic heterocycles. The van der Waals surface area contributed by atoms with Gasteiger partial charge in [-0.25, -0.2) is 0 Å². The second-order valence-electron chi connectivity index (χ2n) is 1.80. The average Bonchev–Trinajstić information content (AvgIpc) is 1.85. The smallest absolute Gasteiger partial charge is 0.155 e. The summed E-state index contributed by atoms with van der Waals surface area (Å²) in [6.07, 6.45) is 4.33. The fraction of sp³-hybridized carbons (Fsp3) is 0.571. The Bertz CT molecular complexity index is 105. The summed E-state index contributed by atoms with van der Waals surface area (Å²) in [4.78, 5) is 10.6. The molecule has 0 bridgehead atoms. The Hall–Kier alpha value is -0.630. The van der Waals surface area contributed by atoms with Crippen LogP contribution >= 0.6 is 0 Å². The van der Waals surface area contributed by atoms with Crippen LogP contribution in [0.3, 0.4) is 0 Å². The predicted molar refractivity (Wildman–Crippen MR) is 36.1 cm³/mol. The number of aliphatic hydroxyl groups is 1. The maximum absolute atomic E-state index is 10.6. The van der Waals surface area contributed by atoms with Crippen LogP contribution in [0.2, 0.25) is 0 Å². The van der Waals surface area contributed by atoms with Crippen LogP contribution in [0.5, 0.6) is 0 Å². The third-order valence-corrected chi connectivity index (χ3v) is 0.906. The van der Waals surface area contributed by atoms with Crippen molar-refractivity contribution in [3.8, 4) is 0 Å². The number of carbonyl (C=O) groups is 1. The van der Waals surface area contributed by atoms with E-state index in [4.69, 9.17) is 5.11 Å². The number of ketones is 1. The van der Waals surface area contributed by atoms with Crippen molar-refractivity contribution in [3.05, 3.63) is 12.2 Å². The van der Waals surface area contributed by atoms with Crippen LogP contribution in [0, 0.1) is 0 Å². The molecule has 52 valence electrons. The lowest BCUT2D eigenvalue weighted by molar-refractivity contribution is -0.114. The summed E-state index contributed by atoms with van der Waals surface area (Å²) in [5.74, 6) is 0.0894. The number of hydrogen-bond donors (Lipinski definition) is 1. The van der Waals surface area contributed by atoms with E-state index in [1.54, 1.807) is 0 Å². The minimum atomic E-state index is -0.0462. The zero-order valence-electron chi connectivity index (χ0n) is 5.63. The molecule has 2 nitrogen and oxygen atoms in total. The van der Waals surface area contributed by atoms with Gasteiger partial charge in [-0.05, 0) is 12.5 Å².